The van der Waals surface area contributed by atoms with Crippen LogP contribution >= 0.6 is 0 Å². The van der Waals surface area contributed by atoms with E-state index in [2.05, 4.69) is 0 Å². The summed E-state index contributed by atoms with van der Waals surface area (Å²) >= 11 is 0. The van der Waals surface area contributed by atoms with Crippen molar-refractivity contribution in [3.05, 3.63) is 88.4 Å². The molecule has 0 aliphatic heterocycles. The molecule has 0 radical (unpaired) electrons. The monoisotopic (exact) mass is 293 g/mol. The maximum Gasteiger partial charge on any atom is 0.255 e. The first-order valence-corrected chi connectivity index (χ1v) is 7.18. The van der Waals surface area contributed by atoms with E-state index in [4.69, 9.17) is 0 Å². The van der Waals surface area contributed by atoms with Crippen LogP contribution in [0.1, 0.15) is 18.9 Å². The van der Waals surface area contributed by atoms with Crippen molar-refractivity contribution in [3.63, 3.8) is 0 Å². The van der Waals surface area contributed by atoms with Crippen molar-refractivity contribution in [2.75, 3.05) is 0 Å². The van der Waals surface area contributed by atoms with Gasteiger partial charge in [-0.15, -0.1) is 0 Å². The molecule has 0 saturated carbocycles. The predicted octanol–water partition coefficient (Wildman–Crippen LogP) is 3.61. The molecule has 1 aliphatic rings. The molecule has 1 aromatic heterocycles. The summed E-state index contributed by atoms with van der Waals surface area (Å²) in [6.07, 6.45) is 7.82. The second kappa shape index (κ2) is 7.36. The van der Waals surface area contributed by atoms with E-state index in [0.717, 1.165) is 11.3 Å². The van der Waals surface area contributed by atoms with Crippen LogP contribution in [0.15, 0.2) is 77.3 Å². The second-order valence-electron chi connectivity index (χ2n) is 5.20. The first-order chi connectivity index (χ1) is 10.6. The van der Waals surface area contributed by atoms with Gasteiger partial charge in [-0.2, -0.15) is 0 Å². The van der Waals surface area contributed by atoms with Crippen LogP contribution in [0.3, 0.4) is 0 Å². The van der Waals surface area contributed by atoms with Gasteiger partial charge in [0, 0.05) is 24.4 Å². The third-order valence-electron chi connectivity index (χ3n) is 3.25. The van der Waals surface area contributed by atoms with Crippen molar-refractivity contribution < 1.29 is 4.79 Å². The molecule has 0 N–H and O–H groups in total. The van der Waals surface area contributed by atoms with Crippen LogP contribution in [0.25, 0.3) is 5.69 Å². The lowest BCUT2D eigenvalue weighted by atomic mass is 10.1. The lowest BCUT2D eigenvalue weighted by molar-refractivity contribution is -0.113. The number of aromatic nitrogens is 1. The van der Waals surface area contributed by atoms with Crippen molar-refractivity contribution >= 4 is 5.78 Å². The van der Waals surface area contributed by atoms with Gasteiger partial charge in [-0.1, -0.05) is 42.0 Å². The van der Waals surface area contributed by atoms with Gasteiger partial charge in [-0.25, -0.2) is 0 Å². The standard InChI is InChI=1S/C12H11NO.C7H8O/c1-10-7-8-12(14)13(9-10)11-5-3-2-4-6-11;1-6-2-4-7(8)5-3-6/h2-9H,1H3;2-4H,5H2,1H3. The van der Waals surface area contributed by atoms with E-state index in [1.54, 1.807) is 16.7 Å². The second-order valence-corrected chi connectivity index (χ2v) is 5.20. The highest BCUT2D eigenvalue weighted by Gasteiger charge is 1.98. The largest absolute Gasteiger partial charge is 0.295 e. The highest BCUT2D eigenvalue weighted by atomic mass is 16.1. The highest BCUT2D eigenvalue weighted by Crippen LogP contribution is 2.05. The molecule has 0 unspecified atom stereocenters. The summed E-state index contributed by atoms with van der Waals surface area (Å²) in [7, 11) is 0. The average molecular weight is 293 g/mol. The molecular weight excluding hydrogens is 274 g/mol. The van der Waals surface area contributed by atoms with Crippen LogP contribution in [0.2, 0.25) is 0 Å². The Balaban J connectivity index is 0.000000188. The van der Waals surface area contributed by atoms with Crippen LogP contribution in [-0.4, -0.2) is 10.4 Å². The third-order valence-corrected chi connectivity index (χ3v) is 3.25. The normalized spacial score (nSPS) is 13.2. The number of aryl methyl sites for hydroxylation is 1. The lowest BCUT2D eigenvalue weighted by Gasteiger charge is -2.05. The number of para-hydroxylation sites is 1. The molecule has 0 amide bonds. The Labute approximate surface area is 130 Å². The fraction of sp³-hybridized carbons (Fsp3) is 0.158. The van der Waals surface area contributed by atoms with Gasteiger partial charge < -0.3 is 0 Å². The predicted molar refractivity (Wildman–Crippen MR) is 89.3 cm³/mol. The molecule has 1 heterocycles. The molecule has 3 heteroatoms. The number of pyridine rings is 1. The Bertz CT molecular complexity index is 765. The molecule has 0 fully saturated rings. The van der Waals surface area contributed by atoms with Crippen molar-refractivity contribution in [1.82, 2.24) is 4.57 Å². The van der Waals surface area contributed by atoms with E-state index in [9.17, 15) is 9.59 Å². The number of ketones is 1. The van der Waals surface area contributed by atoms with Crippen LogP contribution in [0.4, 0.5) is 0 Å². The number of benzene rings is 1. The van der Waals surface area contributed by atoms with Gasteiger partial charge in [-0.05, 0) is 37.6 Å². The zero-order valence-corrected chi connectivity index (χ0v) is 12.8. The summed E-state index contributed by atoms with van der Waals surface area (Å²) in [6.45, 7) is 3.96. The Morgan fingerprint density at radius 1 is 0.909 bits per heavy atom. The zero-order valence-electron chi connectivity index (χ0n) is 12.8. The minimum atomic E-state index is 0.00167. The molecule has 112 valence electrons. The smallest absolute Gasteiger partial charge is 0.255 e. The summed E-state index contributed by atoms with van der Waals surface area (Å²) in [6, 6.07) is 13.0. The molecule has 22 heavy (non-hydrogen) atoms. The quantitative estimate of drug-likeness (QED) is 0.805. The molecule has 0 spiro atoms. The van der Waals surface area contributed by atoms with E-state index < -0.39 is 0 Å². The van der Waals surface area contributed by atoms with Crippen molar-refractivity contribution in [2.45, 2.75) is 20.3 Å². The van der Waals surface area contributed by atoms with Crippen molar-refractivity contribution in [3.8, 4) is 5.69 Å². The maximum absolute atomic E-state index is 11.5. The Kier molecular flexibility index (Phi) is 5.26. The van der Waals surface area contributed by atoms with Gasteiger partial charge in [0.1, 0.15) is 0 Å². The molecule has 3 rings (SSSR count). The van der Waals surface area contributed by atoms with Crippen LogP contribution in [0.5, 0.6) is 0 Å². The van der Waals surface area contributed by atoms with Gasteiger partial charge >= 0.3 is 0 Å². The van der Waals surface area contributed by atoms with Crippen LogP contribution in [-0.2, 0) is 4.79 Å². The van der Waals surface area contributed by atoms with Gasteiger partial charge in [0.25, 0.3) is 5.56 Å². The average Bonchev–Trinajstić information content (AvgIpc) is 2.54. The molecule has 3 nitrogen and oxygen atoms in total. The Morgan fingerprint density at radius 2 is 1.64 bits per heavy atom. The van der Waals surface area contributed by atoms with Crippen LogP contribution < -0.4 is 5.56 Å². The number of hydrogen-bond acceptors (Lipinski definition) is 2. The SMILES string of the molecule is CC1=CCC(=O)C=C1.Cc1ccc(=O)n(-c2ccccc2)c1. The summed E-state index contributed by atoms with van der Waals surface area (Å²) in [5.41, 5.74) is 3.17. The van der Waals surface area contributed by atoms with Gasteiger partial charge in [0.15, 0.2) is 5.78 Å². The van der Waals surface area contributed by atoms with Crippen molar-refractivity contribution in [1.29, 1.82) is 0 Å². The minimum absolute atomic E-state index is 0.00167. The molecule has 0 bridgehead atoms. The molecule has 2 aromatic rings. The van der Waals surface area contributed by atoms with Gasteiger partial charge in [0.05, 0.1) is 0 Å². The molecule has 0 atom stereocenters. The van der Waals surface area contributed by atoms with Crippen LogP contribution in [0, 0.1) is 6.92 Å². The Hall–Kier alpha value is -2.68. The summed E-state index contributed by atoms with van der Waals surface area (Å²) < 4.78 is 1.65. The first kappa shape index (κ1) is 15.7. The third kappa shape index (κ3) is 4.42. The summed E-state index contributed by atoms with van der Waals surface area (Å²) in [4.78, 5) is 22.0. The molecular formula is C19H19NO2. The maximum atomic E-state index is 11.5. The van der Waals surface area contributed by atoms with E-state index in [-0.39, 0.29) is 11.3 Å². The molecule has 0 saturated heterocycles. The lowest BCUT2D eigenvalue weighted by Crippen LogP contribution is -2.16. The number of hydrogen-bond donors (Lipinski definition) is 0. The zero-order chi connectivity index (χ0) is 15.9. The van der Waals surface area contributed by atoms with E-state index in [0.29, 0.717) is 6.42 Å². The molecule has 1 aliphatic carbocycles. The summed E-state index contributed by atoms with van der Waals surface area (Å²) in [5.74, 6) is 0.204. The van der Waals surface area contributed by atoms with Gasteiger partial charge in [-0.3, -0.25) is 14.2 Å². The van der Waals surface area contributed by atoms with Crippen molar-refractivity contribution in [2.24, 2.45) is 0 Å². The number of allylic oxidation sites excluding steroid dienone is 4. The summed E-state index contributed by atoms with van der Waals surface area (Å²) in [5, 5.41) is 0. The molecule has 1 aromatic carbocycles. The number of carbonyl (C=O) groups is 1. The number of nitrogens with zero attached hydrogens (tertiary/aromatic N) is 1. The fourth-order valence-corrected chi connectivity index (χ4v) is 2.01. The topological polar surface area (TPSA) is 39.1 Å². The highest BCUT2D eigenvalue weighted by molar-refractivity contribution is 5.92. The number of rotatable bonds is 1. The minimum Gasteiger partial charge on any atom is -0.295 e. The van der Waals surface area contributed by atoms with Gasteiger partial charge in [0.2, 0.25) is 0 Å². The fourth-order valence-electron chi connectivity index (χ4n) is 2.01. The first-order valence-electron chi connectivity index (χ1n) is 7.18. The Morgan fingerprint density at radius 3 is 2.23 bits per heavy atom. The van der Waals surface area contributed by atoms with E-state index >= 15 is 0 Å². The van der Waals surface area contributed by atoms with E-state index in [1.165, 1.54) is 5.57 Å². The van der Waals surface area contributed by atoms with E-state index in [1.807, 2.05) is 68.6 Å². The number of carbonyl (C=O) groups excluding carboxylic acids is 1.